The third kappa shape index (κ3) is 4.80. The standard InChI is InChI=1S/C20H19N3O3/c1-25-17-9-7-15(8-10-17)12-21-20(24)18-11-19(23-14-22-18)26-13-16-5-3-2-4-6-16/h2-11,14H,12-13H2,1H3,(H,21,24). The van der Waals surface area contributed by atoms with Gasteiger partial charge in [0.2, 0.25) is 5.88 Å². The van der Waals surface area contributed by atoms with Crippen molar-refractivity contribution in [2.45, 2.75) is 13.2 Å². The van der Waals surface area contributed by atoms with Crippen LogP contribution in [0, 0.1) is 0 Å². The van der Waals surface area contributed by atoms with Crippen molar-refractivity contribution < 1.29 is 14.3 Å². The van der Waals surface area contributed by atoms with Gasteiger partial charge in [0.15, 0.2) is 0 Å². The zero-order chi connectivity index (χ0) is 18.2. The maximum absolute atomic E-state index is 12.3. The van der Waals surface area contributed by atoms with E-state index in [-0.39, 0.29) is 11.6 Å². The molecular formula is C20H19N3O3. The summed E-state index contributed by atoms with van der Waals surface area (Å²) >= 11 is 0. The van der Waals surface area contributed by atoms with Crippen LogP contribution >= 0.6 is 0 Å². The minimum absolute atomic E-state index is 0.261. The first-order valence-electron chi connectivity index (χ1n) is 8.14. The number of hydrogen-bond donors (Lipinski definition) is 1. The Hall–Kier alpha value is -3.41. The second-order valence-corrected chi connectivity index (χ2v) is 5.55. The minimum atomic E-state index is -0.284. The van der Waals surface area contributed by atoms with Crippen LogP contribution in [0.2, 0.25) is 0 Å². The van der Waals surface area contributed by atoms with E-state index in [1.165, 1.54) is 12.4 Å². The van der Waals surface area contributed by atoms with Gasteiger partial charge < -0.3 is 14.8 Å². The second-order valence-electron chi connectivity index (χ2n) is 5.55. The Bertz CT molecular complexity index is 852. The predicted octanol–water partition coefficient (Wildman–Crippen LogP) is 2.99. The Labute approximate surface area is 151 Å². The quantitative estimate of drug-likeness (QED) is 0.710. The van der Waals surface area contributed by atoms with Gasteiger partial charge in [0, 0.05) is 12.6 Å². The Kier molecular flexibility index (Phi) is 5.77. The van der Waals surface area contributed by atoms with Gasteiger partial charge in [-0.25, -0.2) is 9.97 Å². The number of methoxy groups -OCH3 is 1. The summed E-state index contributed by atoms with van der Waals surface area (Å²) in [4.78, 5) is 20.3. The molecule has 0 atom stereocenters. The van der Waals surface area contributed by atoms with Crippen LogP contribution in [0.25, 0.3) is 0 Å². The Balaban J connectivity index is 1.57. The summed E-state index contributed by atoms with van der Waals surface area (Å²) in [6.07, 6.45) is 1.32. The molecule has 0 bridgehead atoms. The summed E-state index contributed by atoms with van der Waals surface area (Å²) in [5.74, 6) is 0.849. The number of carbonyl (C=O) groups excluding carboxylic acids is 1. The lowest BCUT2D eigenvalue weighted by Gasteiger charge is -2.08. The second kappa shape index (κ2) is 8.62. The normalized spacial score (nSPS) is 10.2. The predicted molar refractivity (Wildman–Crippen MR) is 97.0 cm³/mol. The van der Waals surface area contributed by atoms with Crippen LogP contribution in [-0.2, 0) is 13.2 Å². The van der Waals surface area contributed by atoms with Gasteiger partial charge in [-0.2, -0.15) is 0 Å². The minimum Gasteiger partial charge on any atom is -0.497 e. The largest absolute Gasteiger partial charge is 0.497 e. The van der Waals surface area contributed by atoms with Crippen molar-refractivity contribution in [3.8, 4) is 11.6 Å². The smallest absolute Gasteiger partial charge is 0.270 e. The van der Waals surface area contributed by atoms with Crippen LogP contribution < -0.4 is 14.8 Å². The lowest BCUT2D eigenvalue weighted by atomic mass is 10.2. The molecule has 1 aromatic heterocycles. The van der Waals surface area contributed by atoms with E-state index in [0.717, 1.165) is 16.9 Å². The van der Waals surface area contributed by atoms with Gasteiger partial charge in [0.25, 0.3) is 5.91 Å². The number of amides is 1. The summed E-state index contributed by atoms with van der Waals surface area (Å²) in [5.41, 5.74) is 2.25. The number of hydrogen-bond acceptors (Lipinski definition) is 5. The van der Waals surface area contributed by atoms with E-state index in [1.807, 2.05) is 54.6 Å². The highest BCUT2D eigenvalue weighted by atomic mass is 16.5. The van der Waals surface area contributed by atoms with E-state index in [2.05, 4.69) is 15.3 Å². The number of benzene rings is 2. The Morgan fingerprint density at radius 1 is 1.00 bits per heavy atom. The molecule has 0 fully saturated rings. The van der Waals surface area contributed by atoms with Crippen molar-refractivity contribution in [3.05, 3.63) is 83.8 Å². The zero-order valence-electron chi connectivity index (χ0n) is 14.4. The monoisotopic (exact) mass is 349 g/mol. The molecule has 0 aliphatic carbocycles. The molecule has 0 unspecified atom stereocenters. The molecule has 0 radical (unpaired) electrons. The molecule has 0 aliphatic rings. The molecule has 6 nitrogen and oxygen atoms in total. The average molecular weight is 349 g/mol. The van der Waals surface area contributed by atoms with E-state index in [1.54, 1.807) is 7.11 Å². The zero-order valence-corrected chi connectivity index (χ0v) is 14.4. The third-order valence-corrected chi connectivity index (χ3v) is 3.72. The van der Waals surface area contributed by atoms with E-state index in [0.29, 0.717) is 19.0 Å². The molecule has 132 valence electrons. The summed E-state index contributed by atoms with van der Waals surface area (Å²) in [5, 5.41) is 2.83. The number of ether oxygens (including phenoxy) is 2. The first kappa shape index (κ1) is 17.4. The summed E-state index contributed by atoms with van der Waals surface area (Å²) in [7, 11) is 1.61. The van der Waals surface area contributed by atoms with Gasteiger partial charge in [-0.3, -0.25) is 4.79 Å². The van der Waals surface area contributed by atoms with E-state index >= 15 is 0 Å². The molecule has 1 amide bonds. The van der Waals surface area contributed by atoms with Crippen LogP contribution in [-0.4, -0.2) is 23.0 Å². The van der Waals surface area contributed by atoms with Gasteiger partial charge in [-0.05, 0) is 23.3 Å². The number of carbonyl (C=O) groups is 1. The molecule has 1 heterocycles. The summed E-state index contributed by atoms with van der Waals surface area (Å²) in [6, 6.07) is 18.8. The highest BCUT2D eigenvalue weighted by Crippen LogP contribution is 2.12. The molecule has 26 heavy (non-hydrogen) atoms. The average Bonchev–Trinajstić information content (AvgIpc) is 2.72. The van der Waals surface area contributed by atoms with Crippen LogP contribution in [0.5, 0.6) is 11.6 Å². The lowest BCUT2D eigenvalue weighted by Crippen LogP contribution is -2.23. The fraction of sp³-hybridized carbons (Fsp3) is 0.150. The fourth-order valence-corrected chi connectivity index (χ4v) is 2.29. The van der Waals surface area contributed by atoms with Gasteiger partial charge in [-0.1, -0.05) is 42.5 Å². The van der Waals surface area contributed by atoms with E-state index in [9.17, 15) is 4.79 Å². The number of aromatic nitrogens is 2. The van der Waals surface area contributed by atoms with Crippen molar-refractivity contribution >= 4 is 5.91 Å². The molecule has 0 saturated carbocycles. The molecule has 0 saturated heterocycles. The van der Waals surface area contributed by atoms with Gasteiger partial charge in [-0.15, -0.1) is 0 Å². The van der Waals surface area contributed by atoms with Crippen molar-refractivity contribution in [1.82, 2.24) is 15.3 Å². The molecule has 0 spiro atoms. The molecule has 6 heteroatoms. The molecule has 3 aromatic rings. The van der Waals surface area contributed by atoms with E-state index in [4.69, 9.17) is 9.47 Å². The topological polar surface area (TPSA) is 73.3 Å². The summed E-state index contributed by atoms with van der Waals surface area (Å²) in [6.45, 7) is 0.776. The number of nitrogens with one attached hydrogen (secondary N) is 1. The van der Waals surface area contributed by atoms with Gasteiger partial charge in [0.05, 0.1) is 7.11 Å². The van der Waals surface area contributed by atoms with Crippen LogP contribution in [0.4, 0.5) is 0 Å². The molecule has 2 aromatic carbocycles. The van der Waals surface area contributed by atoms with Crippen LogP contribution in [0.1, 0.15) is 21.6 Å². The van der Waals surface area contributed by atoms with E-state index < -0.39 is 0 Å². The molecular weight excluding hydrogens is 330 g/mol. The first-order chi connectivity index (χ1) is 12.7. The molecule has 1 N–H and O–H groups in total. The third-order valence-electron chi connectivity index (χ3n) is 3.72. The first-order valence-corrected chi connectivity index (χ1v) is 8.14. The van der Waals surface area contributed by atoms with Crippen molar-refractivity contribution in [3.63, 3.8) is 0 Å². The van der Waals surface area contributed by atoms with Crippen molar-refractivity contribution in [1.29, 1.82) is 0 Å². The van der Waals surface area contributed by atoms with Crippen LogP contribution in [0.3, 0.4) is 0 Å². The Morgan fingerprint density at radius 2 is 1.77 bits per heavy atom. The van der Waals surface area contributed by atoms with Crippen LogP contribution in [0.15, 0.2) is 67.0 Å². The molecule has 3 rings (SSSR count). The fourth-order valence-electron chi connectivity index (χ4n) is 2.29. The van der Waals surface area contributed by atoms with Crippen molar-refractivity contribution in [2.75, 3.05) is 7.11 Å². The number of rotatable bonds is 7. The number of nitrogens with zero attached hydrogens (tertiary/aromatic N) is 2. The lowest BCUT2D eigenvalue weighted by molar-refractivity contribution is 0.0945. The van der Waals surface area contributed by atoms with Gasteiger partial charge >= 0.3 is 0 Å². The maximum atomic E-state index is 12.3. The van der Waals surface area contributed by atoms with Gasteiger partial charge in [0.1, 0.15) is 24.4 Å². The maximum Gasteiger partial charge on any atom is 0.270 e. The van der Waals surface area contributed by atoms with Crippen molar-refractivity contribution in [2.24, 2.45) is 0 Å². The summed E-state index contributed by atoms with van der Waals surface area (Å²) < 4.78 is 10.7. The SMILES string of the molecule is COc1ccc(CNC(=O)c2cc(OCc3ccccc3)ncn2)cc1. The molecule has 0 aliphatic heterocycles. The highest BCUT2D eigenvalue weighted by Gasteiger charge is 2.09. The Morgan fingerprint density at radius 3 is 2.50 bits per heavy atom. The highest BCUT2D eigenvalue weighted by molar-refractivity contribution is 5.92.